The van der Waals surface area contributed by atoms with Gasteiger partial charge in [0.2, 0.25) is 0 Å². The first-order valence-corrected chi connectivity index (χ1v) is 7.03. The van der Waals surface area contributed by atoms with Gasteiger partial charge in [0.25, 0.3) is 5.91 Å². The van der Waals surface area contributed by atoms with Gasteiger partial charge in [-0.1, -0.05) is 0 Å². The maximum atomic E-state index is 12.3. The standard InChI is InChI=1S/C12H17BrN2O2/c13-11-2-1-10(17-11)12(16)15-6-8-3-9(7-15)5-14-4-8/h2,8-10,14H,1,3-7H2. The van der Waals surface area contributed by atoms with Crippen LogP contribution in [0.4, 0.5) is 0 Å². The number of halogens is 1. The average Bonchev–Trinajstić information content (AvgIpc) is 2.74. The summed E-state index contributed by atoms with van der Waals surface area (Å²) in [6.07, 6.45) is 3.60. The van der Waals surface area contributed by atoms with E-state index in [1.54, 1.807) is 0 Å². The molecule has 5 heteroatoms. The third-order valence-electron chi connectivity index (χ3n) is 3.82. The number of hydrogen-bond acceptors (Lipinski definition) is 3. The molecule has 2 saturated heterocycles. The zero-order chi connectivity index (χ0) is 11.8. The quantitative estimate of drug-likeness (QED) is 0.788. The first-order chi connectivity index (χ1) is 8.22. The fraction of sp³-hybridized carbons (Fsp3) is 0.750. The van der Waals surface area contributed by atoms with Crippen LogP contribution in [0.1, 0.15) is 12.8 Å². The lowest BCUT2D eigenvalue weighted by Gasteiger charge is -2.42. The summed E-state index contributed by atoms with van der Waals surface area (Å²) in [4.78, 5) is 14.3. The molecular weight excluding hydrogens is 284 g/mol. The van der Waals surface area contributed by atoms with E-state index < -0.39 is 0 Å². The Hall–Kier alpha value is -0.550. The Morgan fingerprint density at radius 1 is 1.41 bits per heavy atom. The van der Waals surface area contributed by atoms with Crippen LogP contribution < -0.4 is 5.32 Å². The molecule has 0 aromatic carbocycles. The van der Waals surface area contributed by atoms with Gasteiger partial charge in [-0.3, -0.25) is 4.79 Å². The second kappa shape index (κ2) is 4.61. The topological polar surface area (TPSA) is 41.6 Å². The van der Waals surface area contributed by atoms with Crippen LogP contribution >= 0.6 is 15.9 Å². The summed E-state index contributed by atoms with van der Waals surface area (Å²) in [6.45, 7) is 3.88. The first-order valence-electron chi connectivity index (χ1n) is 6.24. The zero-order valence-corrected chi connectivity index (χ0v) is 11.3. The third-order valence-corrected chi connectivity index (χ3v) is 4.33. The molecule has 2 fully saturated rings. The van der Waals surface area contributed by atoms with Gasteiger partial charge in [-0.2, -0.15) is 0 Å². The lowest BCUT2D eigenvalue weighted by Crippen LogP contribution is -2.54. The predicted molar refractivity (Wildman–Crippen MR) is 67.5 cm³/mol. The number of carbonyl (C=O) groups excluding carboxylic acids is 1. The maximum absolute atomic E-state index is 12.3. The maximum Gasteiger partial charge on any atom is 0.264 e. The van der Waals surface area contributed by atoms with E-state index in [1.165, 1.54) is 6.42 Å². The molecule has 2 bridgehead atoms. The number of likely N-dealkylation sites (tertiary alicyclic amines) is 1. The summed E-state index contributed by atoms with van der Waals surface area (Å²) >= 11 is 3.28. The molecule has 1 amide bonds. The van der Waals surface area contributed by atoms with E-state index in [1.807, 2.05) is 11.0 Å². The van der Waals surface area contributed by atoms with Gasteiger partial charge >= 0.3 is 0 Å². The molecule has 0 spiro atoms. The van der Waals surface area contributed by atoms with Crippen LogP contribution in [0.5, 0.6) is 0 Å². The van der Waals surface area contributed by atoms with Gasteiger partial charge in [-0.05, 0) is 53.4 Å². The second-order valence-corrected chi connectivity index (χ2v) is 6.00. The Morgan fingerprint density at radius 2 is 2.12 bits per heavy atom. The molecule has 3 atom stereocenters. The molecule has 3 aliphatic rings. The minimum absolute atomic E-state index is 0.160. The van der Waals surface area contributed by atoms with Crippen molar-refractivity contribution in [3.63, 3.8) is 0 Å². The molecule has 4 nitrogen and oxygen atoms in total. The zero-order valence-electron chi connectivity index (χ0n) is 9.69. The highest BCUT2D eigenvalue weighted by molar-refractivity contribution is 9.11. The van der Waals surface area contributed by atoms with E-state index in [4.69, 9.17) is 4.74 Å². The Bertz CT molecular complexity index is 346. The SMILES string of the molecule is O=C(C1CC=C(Br)O1)N1CC2CNCC(C2)C1. The van der Waals surface area contributed by atoms with Crippen molar-refractivity contribution in [2.45, 2.75) is 18.9 Å². The predicted octanol–water partition coefficient (Wildman–Crippen LogP) is 1.08. The van der Waals surface area contributed by atoms with Gasteiger partial charge in [0.1, 0.15) is 0 Å². The summed E-state index contributed by atoms with van der Waals surface area (Å²) in [5.41, 5.74) is 0. The molecule has 94 valence electrons. The molecule has 0 aromatic rings. The molecule has 17 heavy (non-hydrogen) atoms. The van der Waals surface area contributed by atoms with Crippen LogP contribution in [-0.4, -0.2) is 43.1 Å². The van der Waals surface area contributed by atoms with Crippen LogP contribution in [-0.2, 0) is 9.53 Å². The highest BCUT2D eigenvalue weighted by Crippen LogP contribution is 2.28. The molecule has 0 saturated carbocycles. The number of nitrogens with one attached hydrogen (secondary N) is 1. The molecule has 0 aliphatic carbocycles. The minimum atomic E-state index is -0.295. The van der Waals surface area contributed by atoms with Crippen molar-refractivity contribution in [2.75, 3.05) is 26.2 Å². The van der Waals surface area contributed by atoms with E-state index in [2.05, 4.69) is 21.2 Å². The minimum Gasteiger partial charge on any atom is -0.474 e. The summed E-state index contributed by atoms with van der Waals surface area (Å²) in [6, 6.07) is 0. The van der Waals surface area contributed by atoms with E-state index in [9.17, 15) is 4.79 Å². The van der Waals surface area contributed by atoms with Crippen LogP contribution in [0.3, 0.4) is 0 Å². The van der Waals surface area contributed by atoms with Crippen LogP contribution in [0, 0.1) is 11.8 Å². The van der Waals surface area contributed by atoms with Gasteiger partial charge in [-0.15, -0.1) is 0 Å². The number of rotatable bonds is 1. The number of piperidine rings is 2. The summed E-state index contributed by atoms with van der Waals surface area (Å²) in [5, 5.41) is 3.44. The van der Waals surface area contributed by atoms with Crippen molar-refractivity contribution in [1.82, 2.24) is 10.2 Å². The van der Waals surface area contributed by atoms with Crippen molar-refractivity contribution in [3.05, 3.63) is 10.7 Å². The second-order valence-electron chi connectivity index (χ2n) is 5.22. The van der Waals surface area contributed by atoms with Gasteiger partial charge in [0.05, 0.1) is 0 Å². The number of nitrogens with zero attached hydrogens (tertiary/aromatic N) is 1. The molecule has 3 unspecified atom stereocenters. The number of fused-ring (bicyclic) bond motifs is 2. The van der Waals surface area contributed by atoms with E-state index >= 15 is 0 Å². The normalized spacial score (nSPS) is 36.4. The van der Waals surface area contributed by atoms with E-state index in [-0.39, 0.29) is 12.0 Å². The molecule has 3 heterocycles. The smallest absolute Gasteiger partial charge is 0.264 e. The number of amides is 1. The van der Waals surface area contributed by atoms with Crippen molar-refractivity contribution >= 4 is 21.8 Å². The number of hydrogen-bond donors (Lipinski definition) is 1. The van der Waals surface area contributed by atoms with Gasteiger partial charge in [0.15, 0.2) is 10.8 Å². The first kappa shape index (κ1) is 11.5. The van der Waals surface area contributed by atoms with Crippen LogP contribution in [0.15, 0.2) is 10.7 Å². The largest absolute Gasteiger partial charge is 0.474 e. The van der Waals surface area contributed by atoms with E-state index in [0.29, 0.717) is 22.9 Å². The summed E-state index contributed by atoms with van der Waals surface area (Å²) in [5.74, 6) is 1.42. The molecule has 3 rings (SSSR count). The van der Waals surface area contributed by atoms with Crippen molar-refractivity contribution in [1.29, 1.82) is 0 Å². The van der Waals surface area contributed by atoms with Crippen molar-refractivity contribution in [2.24, 2.45) is 11.8 Å². The van der Waals surface area contributed by atoms with Crippen LogP contribution in [0.25, 0.3) is 0 Å². The Labute approximate surface area is 109 Å². The lowest BCUT2D eigenvalue weighted by molar-refractivity contribution is -0.143. The third kappa shape index (κ3) is 2.36. The molecule has 3 aliphatic heterocycles. The van der Waals surface area contributed by atoms with Gasteiger partial charge < -0.3 is 15.0 Å². The number of ether oxygens (including phenoxy) is 1. The highest BCUT2D eigenvalue weighted by atomic mass is 79.9. The van der Waals surface area contributed by atoms with Gasteiger partial charge in [-0.25, -0.2) is 0 Å². The highest BCUT2D eigenvalue weighted by Gasteiger charge is 2.36. The van der Waals surface area contributed by atoms with Gasteiger partial charge in [0, 0.05) is 19.5 Å². The molecular formula is C12H17BrN2O2. The Morgan fingerprint density at radius 3 is 2.71 bits per heavy atom. The van der Waals surface area contributed by atoms with Crippen molar-refractivity contribution < 1.29 is 9.53 Å². The summed E-state index contributed by atoms with van der Waals surface area (Å²) < 4.78 is 6.17. The Balaban J connectivity index is 1.62. The molecule has 0 aromatic heterocycles. The Kier molecular flexibility index (Phi) is 3.13. The van der Waals surface area contributed by atoms with Crippen LogP contribution in [0.2, 0.25) is 0 Å². The summed E-state index contributed by atoms with van der Waals surface area (Å²) in [7, 11) is 0. The number of carbonyl (C=O) groups is 1. The van der Waals surface area contributed by atoms with E-state index in [0.717, 1.165) is 26.2 Å². The molecule has 1 N–H and O–H groups in total. The lowest BCUT2D eigenvalue weighted by atomic mass is 9.85. The monoisotopic (exact) mass is 300 g/mol. The fourth-order valence-corrected chi connectivity index (χ4v) is 3.48. The fourth-order valence-electron chi connectivity index (χ4n) is 3.07. The average molecular weight is 301 g/mol. The van der Waals surface area contributed by atoms with Crippen molar-refractivity contribution in [3.8, 4) is 0 Å². The molecule has 0 radical (unpaired) electrons.